The van der Waals surface area contributed by atoms with Crippen LogP contribution in [-0.4, -0.2) is 36.5 Å². The van der Waals surface area contributed by atoms with Gasteiger partial charge < -0.3 is 19.3 Å². The van der Waals surface area contributed by atoms with E-state index in [1.54, 1.807) is 31.2 Å². The first-order valence-electron chi connectivity index (χ1n) is 10.7. The zero-order valence-corrected chi connectivity index (χ0v) is 18.4. The predicted molar refractivity (Wildman–Crippen MR) is 125 cm³/mol. The van der Waals surface area contributed by atoms with Crippen molar-refractivity contribution in [2.45, 2.75) is 25.9 Å². The fourth-order valence-electron chi connectivity index (χ4n) is 3.14. The Morgan fingerprint density at radius 1 is 0.879 bits per heavy atom. The molecule has 0 aliphatic carbocycles. The molecule has 1 amide bonds. The second kappa shape index (κ2) is 12.3. The van der Waals surface area contributed by atoms with Crippen molar-refractivity contribution in [1.82, 2.24) is 0 Å². The van der Waals surface area contributed by atoms with Crippen molar-refractivity contribution in [1.29, 1.82) is 0 Å². The Morgan fingerprint density at radius 3 is 2.15 bits per heavy atom. The van der Waals surface area contributed by atoms with Crippen LogP contribution in [0.5, 0.6) is 11.5 Å². The highest BCUT2D eigenvalue weighted by atomic mass is 16.6. The van der Waals surface area contributed by atoms with Crippen molar-refractivity contribution >= 4 is 17.7 Å². The van der Waals surface area contributed by atoms with E-state index in [-0.39, 0.29) is 0 Å². The van der Waals surface area contributed by atoms with Crippen LogP contribution in [0, 0.1) is 0 Å². The van der Waals surface area contributed by atoms with Gasteiger partial charge in [-0.25, -0.2) is 9.59 Å². The Kier molecular flexibility index (Phi) is 8.85. The summed E-state index contributed by atoms with van der Waals surface area (Å²) in [7, 11) is 0. The molecule has 0 aromatic heterocycles. The van der Waals surface area contributed by atoms with E-state index in [0.717, 1.165) is 11.1 Å². The van der Waals surface area contributed by atoms with Gasteiger partial charge in [-0.1, -0.05) is 42.5 Å². The molecule has 0 aliphatic heterocycles. The molecule has 0 saturated carbocycles. The van der Waals surface area contributed by atoms with E-state index in [1.807, 2.05) is 54.6 Å². The van der Waals surface area contributed by atoms with Crippen LogP contribution in [0.25, 0.3) is 0 Å². The Hall–Kier alpha value is -3.84. The number of hydrogen-bond donors (Lipinski definition) is 2. The molecule has 7 heteroatoms. The summed E-state index contributed by atoms with van der Waals surface area (Å²) in [5, 5.41) is 11.9. The molecule has 3 aromatic carbocycles. The normalized spacial score (nSPS) is 11.4. The molecule has 1 unspecified atom stereocenters. The van der Waals surface area contributed by atoms with Crippen molar-refractivity contribution in [2.24, 2.45) is 0 Å². The Morgan fingerprint density at radius 2 is 1.52 bits per heavy atom. The van der Waals surface area contributed by atoms with E-state index in [4.69, 9.17) is 14.2 Å². The van der Waals surface area contributed by atoms with Crippen LogP contribution in [0.4, 0.5) is 10.5 Å². The number of carboxylic acids is 1. The molecule has 0 saturated heterocycles. The zero-order chi connectivity index (χ0) is 23.5. The highest BCUT2D eigenvalue weighted by Crippen LogP contribution is 2.17. The Labute approximate surface area is 192 Å². The molecular weight excluding hydrogens is 422 g/mol. The van der Waals surface area contributed by atoms with Crippen molar-refractivity contribution in [3.63, 3.8) is 0 Å². The monoisotopic (exact) mass is 449 g/mol. The fraction of sp³-hybridized carbons (Fsp3) is 0.231. The summed E-state index contributed by atoms with van der Waals surface area (Å²) < 4.78 is 16.3. The quantitative estimate of drug-likeness (QED) is 0.430. The van der Waals surface area contributed by atoms with E-state index in [1.165, 1.54) is 0 Å². The average molecular weight is 450 g/mol. The number of nitrogens with one attached hydrogen (secondary N) is 1. The lowest BCUT2D eigenvalue weighted by atomic mass is 10.1. The van der Waals surface area contributed by atoms with Gasteiger partial charge >= 0.3 is 12.1 Å². The molecule has 3 aromatic rings. The van der Waals surface area contributed by atoms with Crippen LogP contribution in [0.1, 0.15) is 18.1 Å². The van der Waals surface area contributed by atoms with Crippen molar-refractivity contribution < 1.29 is 28.9 Å². The Bertz CT molecular complexity index is 1020. The number of benzene rings is 3. The second-order valence-corrected chi connectivity index (χ2v) is 7.25. The number of anilines is 1. The van der Waals surface area contributed by atoms with Gasteiger partial charge in [0.05, 0.1) is 6.61 Å². The van der Waals surface area contributed by atoms with E-state index >= 15 is 0 Å². The van der Waals surface area contributed by atoms with Crippen LogP contribution in [-0.2, 0) is 22.4 Å². The maximum absolute atomic E-state index is 12.0. The van der Waals surface area contributed by atoms with Crippen LogP contribution < -0.4 is 14.8 Å². The van der Waals surface area contributed by atoms with Crippen LogP contribution in [0.3, 0.4) is 0 Å². The summed E-state index contributed by atoms with van der Waals surface area (Å²) in [5.41, 5.74) is 2.58. The van der Waals surface area contributed by atoms with E-state index in [2.05, 4.69) is 5.32 Å². The number of carboxylic acid groups (broad SMARTS) is 1. The number of carbonyl (C=O) groups excluding carboxylic acids is 1. The number of carbonyl (C=O) groups is 2. The molecule has 0 heterocycles. The molecule has 0 bridgehead atoms. The SMILES string of the molecule is CCOC(Cc1ccc(OCCc2ccc(OC(=O)Nc3ccccc3)cc2)cc1)C(=O)O. The molecule has 1 atom stereocenters. The number of aliphatic carboxylic acids is 1. The summed E-state index contributed by atoms with van der Waals surface area (Å²) in [4.78, 5) is 23.2. The predicted octanol–water partition coefficient (Wildman–Crippen LogP) is 4.95. The van der Waals surface area contributed by atoms with E-state index in [9.17, 15) is 14.7 Å². The number of para-hydroxylation sites is 1. The van der Waals surface area contributed by atoms with Crippen molar-refractivity contribution in [2.75, 3.05) is 18.5 Å². The average Bonchev–Trinajstić information content (AvgIpc) is 2.81. The van der Waals surface area contributed by atoms with Gasteiger partial charge in [-0.3, -0.25) is 5.32 Å². The molecule has 172 valence electrons. The highest BCUT2D eigenvalue weighted by molar-refractivity contribution is 5.86. The largest absolute Gasteiger partial charge is 0.493 e. The number of hydrogen-bond acceptors (Lipinski definition) is 5. The molecule has 2 N–H and O–H groups in total. The van der Waals surface area contributed by atoms with Gasteiger partial charge in [-0.05, 0) is 54.4 Å². The van der Waals surface area contributed by atoms with Gasteiger partial charge in [0.15, 0.2) is 6.10 Å². The fourth-order valence-corrected chi connectivity index (χ4v) is 3.14. The third-order valence-corrected chi connectivity index (χ3v) is 4.80. The molecule has 0 radical (unpaired) electrons. The van der Waals surface area contributed by atoms with Crippen molar-refractivity contribution in [3.05, 3.63) is 90.0 Å². The van der Waals surface area contributed by atoms with Crippen LogP contribution >= 0.6 is 0 Å². The molecule has 3 rings (SSSR count). The summed E-state index contributed by atoms with van der Waals surface area (Å²) in [5.74, 6) is 0.195. The van der Waals surface area contributed by atoms with Gasteiger partial charge in [-0.15, -0.1) is 0 Å². The lowest BCUT2D eigenvalue weighted by Crippen LogP contribution is -2.26. The van der Waals surface area contributed by atoms with Gasteiger partial charge in [0.1, 0.15) is 11.5 Å². The summed E-state index contributed by atoms with van der Waals surface area (Å²) in [6.07, 6.45) is -0.403. The standard InChI is InChI=1S/C26H27NO6/c1-2-31-24(25(28)29)18-20-10-12-22(13-11-20)32-17-16-19-8-14-23(15-9-19)33-26(30)27-21-6-4-3-5-7-21/h3-15,24H,2,16-18H2,1H3,(H,27,30)(H,28,29). The number of amides is 1. The maximum Gasteiger partial charge on any atom is 0.417 e. The van der Waals surface area contributed by atoms with E-state index in [0.29, 0.717) is 43.2 Å². The topological polar surface area (TPSA) is 94.1 Å². The number of rotatable bonds is 11. The van der Waals surface area contributed by atoms with E-state index < -0.39 is 18.2 Å². The lowest BCUT2D eigenvalue weighted by Gasteiger charge is -2.13. The minimum Gasteiger partial charge on any atom is -0.493 e. The first-order chi connectivity index (χ1) is 16.0. The Balaban J connectivity index is 1.42. The minimum atomic E-state index is -0.967. The first kappa shape index (κ1) is 23.8. The van der Waals surface area contributed by atoms with Crippen molar-refractivity contribution in [3.8, 4) is 11.5 Å². The number of ether oxygens (including phenoxy) is 3. The maximum atomic E-state index is 12.0. The van der Waals surface area contributed by atoms with Crippen LogP contribution in [0.2, 0.25) is 0 Å². The van der Waals surface area contributed by atoms with Gasteiger partial charge in [0.2, 0.25) is 0 Å². The lowest BCUT2D eigenvalue weighted by molar-refractivity contribution is -0.149. The molecule has 0 aliphatic rings. The summed E-state index contributed by atoms with van der Waals surface area (Å²) in [6, 6.07) is 23.7. The zero-order valence-electron chi connectivity index (χ0n) is 18.4. The second-order valence-electron chi connectivity index (χ2n) is 7.25. The molecule has 7 nitrogen and oxygen atoms in total. The molecule has 0 spiro atoms. The highest BCUT2D eigenvalue weighted by Gasteiger charge is 2.17. The van der Waals surface area contributed by atoms with Gasteiger partial charge in [0, 0.05) is 25.1 Å². The minimum absolute atomic E-state index is 0.307. The summed E-state index contributed by atoms with van der Waals surface area (Å²) in [6.45, 7) is 2.60. The summed E-state index contributed by atoms with van der Waals surface area (Å²) >= 11 is 0. The molecular formula is C26H27NO6. The van der Waals surface area contributed by atoms with Gasteiger partial charge in [0.25, 0.3) is 0 Å². The first-order valence-corrected chi connectivity index (χ1v) is 10.7. The van der Waals surface area contributed by atoms with Gasteiger partial charge in [-0.2, -0.15) is 0 Å². The smallest absolute Gasteiger partial charge is 0.417 e. The molecule has 0 fully saturated rings. The third-order valence-electron chi connectivity index (χ3n) is 4.80. The third kappa shape index (κ3) is 7.97. The van der Waals surface area contributed by atoms with Crippen LogP contribution in [0.15, 0.2) is 78.9 Å². The molecule has 33 heavy (non-hydrogen) atoms.